The van der Waals surface area contributed by atoms with Crippen molar-refractivity contribution in [1.82, 2.24) is 15.5 Å². The summed E-state index contributed by atoms with van der Waals surface area (Å²) in [6.07, 6.45) is 11.5. The van der Waals surface area contributed by atoms with Crippen LogP contribution in [0.15, 0.2) is 4.99 Å². The summed E-state index contributed by atoms with van der Waals surface area (Å²) in [5.74, 6) is 1.05. The monoisotopic (exact) mass is 412 g/mol. The molecular weight excluding hydrogens is 376 g/mol. The first-order valence-electron chi connectivity index (χ1n) is 10.9. The van der Waals surface area contributed by atoms with Crippen molar-refractivity contribution in [3.8, 4) is 0 Å². The minimum Gasteiger partial charge on any atom is -0.356 e. The van der Waals surface area contributed by atoms with Gasteiger partial charge in [-0.05, 0) is 37.5 Å². The summed E-state index contributed by atoms with van der Waals surface area (Å²) in [6.45, 7) is 2.60. The zero-order chi connectivity index (χ0) is 20.0. The first-order chi connectivity index (χ1) is 13.4. The predicted molar refractivity (Wildman–Crippen MR) is 112 cm³/mol. The summed E-state index contributed by atoms with van der Waals surface area (Å²) >= 11 is 0. The molecule has 2 N–H and O–H groups in total. The number of amides is 1. The number of nitrogens with one attached hydrogen (secondary N) is 2. The second-order valence-corrected chi connectivity index (χ2v) is 11.1. The molecule has 2 saturated heterocycles. The highest BCUT2D eigenvalue weighted by Crippen LogP contribution is 2.42. The van der Waals surface area contributed by atoms with E-state index in [1.54, 1.807) is 7.05 Å². The highest BCUT2D eigenvalue weighted by atomic mass is 32.2. The fourth-order valence-electron chi connectivity index (χ4n) is 5.10. The van der Waals surface area contributed by atoms with Crippen molar-refractivity contribution in [3.05, 3.63) is 0 Å². The van der Waals surface area contributed by atoms with Gasteiger partial charge in [0.2, 0.25) is 5.91 Å². The second kappa shape index (κ2) is 9.46. The SMILES string of the molecule is CN=C(NCCC(=O)NC1CCS(=O)(=O)C1)N1CCCC2(CCCCCC2)C1. The van der Waals surface area contributed by atoms with E-state index >= 15 is 0 Å². The fourth-order valence-corrected chi connectivity index (χ4v) is 6.78. The number of hydrogen-bond donors (Lipinski definition) is 2. The topological polar surface area (TPSA) is 90.9 Å². The number of carbonyl (C=O) groups is 1. The van der Waals surface area contributed by atoms with E-state index < -0.39 is 9.84 Å². The average molecular weight is 413 g/mol. The normalized spacial score (nSPS) is 27.4. The smallest absolute Gasteiger partial charge is 0.222 e. The van der Waals surface area contributed by atoms with Gasteiger partial charge >= 0.3 is 0 Å². The highest BCUT2D eigenvalue weighted by molar-refractivity contribution is 7.91. The maximum Gasteiger partial charge on any atom is 0.222 e. The molecule has 1 atom stereocenters. The molecule has 2 heterocycles. The Bertz CT molecular complexity index is 669. The van der Waals surface area contributed by atoms with Gasteiger partial charge in [-0.15, -0.1) is 0 Å². The number of rotatable bonds is 4. The van der Waals surface area contributed by atoms with Crippen LogP contribution in [-0.2, 0) is 14.6 Å². The van der Waals surface area contributed by atoms with Gasteiger partial charge in [-0.2, -0.15) is 0 Å². The Labute approximate surface area is 169 Å². The Balaban J connectivity index is 1.44. The molecule has 3 rings (SSSR count). The Morgan fingerprint density at radius 1 is 1.14 bits per heavy atom. The lowest BCUT2D eigenvalue weighted by molar-refractivity contribution is -0.121. The molecule has 0 radical (unpaired) electrons. The number of piperidine rings is 1. The lowest BCUT2D eigenvalue weighted by atomic mass is 9.74. The van der Waals surface area contributed by atoms with Crippen molar-refractivity contribution in [2.45, 2.75) is 70.3 Å². The molecule has 0 aromatic rings. The first-order valence-corrected chi connectivity index (χ1v) is 12.7. The molecule has 0 bridgehead atoms. The van der Waals surface area contributed by atoms with Crippen molar-refractivity contribution in [1.29, 1.82) is 0 Å². The zero-order valence-corrected chi connectivity index (χ0v) is 18.0. The lowest BCUT2D eigenvalue weighted by Gasteiger charge is -2.44. The molecule has 2 aliphatic heterocycles. The number of guanidine groups is 1. The number of sulfone groups is 1. The van der Waals surface area contributed by atoms with E-state index in [4.69, 9.17) is 0 Å². The van der Waals surface area contributed by atoms with Crippen LogP contribution in [0.25, 0.3) is 0 Å². The third-order valence-electron chi connectivity index (χ3n) is 6.57. The molecule has 7 nitrogen and oxygen atoms in total. The largest absolute Gasteiger partial charge is 0.356 e. The summed E-state index contributed by atoms with van der Waals surface area (Å²) < 4.78 is 23.0. The lowest BCUT2D eigenvalue weighted by Crippen LogP contribution is -2.51. The van der Waals surface area contributed by atoms with Gasteiger partial charge in [0.05, 0.1) is 11.5 Å². The molecule has 1 aliphatic carbocycles. The van der Waals surface area contributed by atoms with E-state index in [0.29, 0.717) is 24.8 Å². The van der Waals surface area contributed by atoms with Crippen LogP contribution in [-0.4, -0.2) is 69.4 Å². The van der Waals surface area contributed by atoms with Crippen molar-refractivity contribution in [2.75, 3.05) is 38.2 Å². The molecular formula is C20H36N4O3S. The Morgan fingerprint density at radius 3 is 2.50 bits per heavy atom. The minimum absolute atomic E-state index is 0.0731. The Morgan fingerprint density at radius 2 is 1.86 bits per heavy atom. The average Bonchev–Trinajstić information content (AvgIpc) is 2.85. The highest BCUT2D eigenvalue weighted by Gasteiger charge is 2.36. The van der Waals surface area contributed by atoms with Gasteiger partial charge < -0.3 is 15.5 Å². The van der Waals surface area contributed by atoms with Crippen molar-refractivity contribution in [2.24, 2.45) is 10.4 Å². The Hall–Kier alpha value is -1.31. The maximum absolute atomic E-state index is 12.1. The van der Waals surface area contributed by atoms with Gasteiger partial charge in [0.15, 0.2) is 15.8 Å². The number of aliphatic imine (C=N–C) groups is 1. The summed E-state index contributed by atoms with van der Waals surface area (Å²) in [6, 6.07) is -0.228. The molecule has 28 heavy (non-hydrogen) atoms. The van der Waals surface area contributed by atoms with Crippen molar-refractivity contribution < 1.29 is 13.2 Å². The second-order valence-electron chi connectivity index (χ2n) is 8.83. The van der Waals surface area contributed by atoms with Crippen LogP contribution < -0.4 is 10.6 Å². The van der Waals surface area contributed by atoms with Crippen LogP contribution in [0.1, 0.15) is 64.2 Å². The number of carbonyl (C=O) groups excluding carboxylic acids is 1. The Kier molecular flexibility index (Phi) is 7.23. The third-order valence-corrected chi connectivity index (χ3v) is 8.34. The van der Waals surface area contributed by atoms with Crippen LogP contribution >= 0.6 is 0 Å². The molecule has 1 saturated carbocycles. The zero-order valence-electron chi connectivity index (χ0n) is 17.2. The van der Waals surface area contributed by atoms with E-state index in [0.717, 1.165) is 19.0 Å². The molecule has 3 aliphatic rings. The van der Waals surface area contributed by atoms with E-state index in [-0.39, 0.29) is 23.5 Å². The molecule has 160 valence electrons. The van der Waals surface area contributed by atoms with Gasteiger partial charge in [-0.25, -0.2) is 8.42 Å². The predicted octanol–water partition coefficient (Wildman–Crippen LogP) is 1.69. The number of likely N-dealkylation sites (tertiary alicyclic amines) is 1. The van der Waals surface area contributed by atoms with Crippen LogP contribution in [0.3, 0.4) is 0 Å². The molecule has 1 amide bonds. The number of nitrogens with zero attached hydrogens (tertiary/aromatic N) is 2. The van der Waals surface area contributed by atoms with E-state index in [9.17, 15) is 13.2 Å². The van der Waals surface area contributed by atoms with Crippen LogP contribution in [0, 0.1) is 5.41 Å². The fraction of sp³-hybridized carbons (Fsp3) is 0.900. The standard InChI is InChI=1S/C20H36N4O3S/c1-21-19(22-12-7-18(25)23-17-8-14-28(26,27)15-17)24-13-6-11-20(16-24)9-4-2-3-5-10-20/h17H,2-16H2,1H3,(H,21,22)(H,23,25). The van der Waals surface area contributed by atoms with E-state index in [2.05, 4.69) is 20.5 Å². The summed E-state index contributed by atoms with van der Waals surface area (Å²) in [4.78, 5) is 19.0. The van der Waals surface area contributed by atoms with Gasteiger partial charge in [-0.3, -0.25) is 9.79 Å². The van der Waals surface area contributed by atoms with Crippen LogP contribution in [0.5, 0.6) is 0 Å². The molecule has 1 spiro atoms. The molecule has 3 fully saturated rings. The molecule has 1 unspecified atom stereocenters. The van der Waals surface area contributed by atoms with Crippen LogP contribution in [0.4, 0.5) is 0 Å². The summed E-state index contributed by atoms with van der Waals surface area (Å²) in [7, 11) is -1.16. The van der Waals surface area contributed by atoms with E-state index in [1.165, 1.54) is 51.4 Å². The van der Waals surface area contributed by atoms with Gasteiger partial charge in [0.25, 0.3) is 0 Å². The number of hydrogen-bond acceptors (Lipinski definition) is 4. The van der Waals surface area contributed by atoms with Crippen molar-refractivity contribution in [3.63, 3.8) is 0 Å². The third kappa shape index (κ3) is 5.84. The molecule has 0 aromatic heterocycles. The minimum atomic E-state index is -2.97. The quantitative estimate of drug-likeness (QED) is 0.542. The molecule has 8 heteroatoms. The van der Waals surface area contributed by atoms with Gasteiger partial charge in [0.1, 0.15) is 0 Å². The van der Waals surface area contributed by atoms with E-state index in [1.807, 2.05) is 0 Å². The summed E-state index contributed by atoms with van der Waals surface area (Å²) in [5, 5.41) is 6.19. The summed E-state index contributed by atoms with van der Waals surface area (Å²) in [5.41, 5.74) is 0.442. The first kappa shape index (κ1) is 21.4. The van der Waals surface area contributed by atoms with Crippen molar-refractivity contribution >= 4 is 21.7 Å². The van der Waals surface area contributed by atoms with Crippen LogP contribution in [0.2, 0.25) is 0 Å². The van der Waals surface area contributed by atoms with Gasteiger partial charge in [-0.1, -0.05) is 25.7 Å². The molecule has 0 aromatic carbocycles. The van der Waals surface area contributed by atoms with Gasteiger partial charge in [0, 0.05) is 39.1 Å². The maximum atomic E-state index is 12.1.